The van der Waals surface area contributed by atoms with Gasteiger partial charge in [-0.2, -0.15) is 4.74 Å². The topological polar surface area (TPSA) is 61.4 Å². The number of hydrogen-bond donors (Lipinski definition) is 0. The zero-order valence-electron chi connectivity index (χ0n) is 9.81. The van der Waals surface area contributed by atoms with Gasteiger partial charge in [-0.3, -0.25) is 9.59 Å². The first-order valence-corrected chi connectivity index (χ1v) is 5.48. The molecule has 2 rings (SSSR count). The number of esters is 1. The fraction of sp³-hybridized carbons (Fsp3) is 0.333. The molecule has 0 amide bonds. The van der Waals surface area contributed by atoms with Crippen molar-refractivity contribution >= 4 is 16.9 Å². The molecule has 0 bridgehead atoms. The molecule has 0 aliphatic heterocycles. The molecule has 0 atom stereocenters. The van der Waals surface area contributed by atoms with E-state index in [0.29, 0.717) is 12.0 Å². The monoisotopic (exact) mass is 253 g/mol. The number of aryl methyl sites for hydroxylation is 1. The maximum absolute atomic E-state index is 13.0. The van der Waals surface area contributed by atoms with Gasteiger partial charge >= 0.3 is 5.97 Å². The van der Waals surface area contributed by atoms with Crippen molar-refractivity contribution in [2.45, 2.75) is 19.4 Å². The third kappa shape index (κ3) is 2.42. The highest BCUT2D eigenvalue weighted by Gasteiger charge is 2.10. The molecular weight excluding hydrogens is 241 g/mol. The van der Waals surface area contributed by atoms with Crippen LogP contribution < -0.4 is 5.56 Å². The first-order chi connectivity index (χ1) is 8.61. The van der Waals surface area contributed by atoms with Crippen molar-refractivity contribution in [2.24, 2.45) is 0 Å². The number of nitrogens with zero attached hydrogens (tertiary/aromatic N) is 1. The first-order valence-electron chi connectivity index (χ1n) is 5.48. The zero-order valence-corrected chi connectivity index (χ0v) is 9.81. The van der Waals surface area contributed by atoms with Crippen LogP contribution in [0.3, 0.4) is 0 Å². The Labute approximate surface area is 102 Å². The lowest BCUT2D eigenvalue weighted by Crippen LogP contribution is -2.15. The van der Waals surface area contributed by atoms with Crippen molar-refractivity contribution in [1.82, 2.24) is 4.74 Å². The number of rotatable bonds is 4. The van der Waals surface area contributed by atoms with Gasteiger partial charge in [0.2, 0.25) is 0 Å². The van der Waals surface area contributed by atoms with Crippen LogP contribution in [0, 0.1) is 5.82 Å². The normalized spacial score (nSPS) is 10.8. The second-order valence-electron chi connectivity index (χ2n) is 3.82. The van der Waals surface area contributed by atoms with Crippen LogP contribution in [0.15, 0.2) is 27.5 Å². The van der Waals surface area contributed by atoms with Crippen molar-refractivity contribution in [3.8, 4) is 0 Å². The predicted molar refractivity (Wildman–Crippen MR) is 61.7 cm³/mol. The minimum Gasteiger partial charge on any atom is -0.469 e. The molecule has 1 aromatic heterocycles. The van der Waals surface area contributed by atoms with Crippen LogP contribution in [0.5, 0.6) is 0 Å². The van der Waals surface area contributed by atoms with Crippen molar-refractivity contribution < 1.29 is 18.4 Å². The van der Waals surface area contributed by atoms with Crippen molar-refractivity contribution in [1.29, 1.82) is 0 Å². The van der Waals surface area contributed by atoms with E-state index in [2.05, 4.69) is 4.74 Å². The van der Waals surface area contributed by atoms with Gasteiger partial charge in [-0.25, -0.2) is 4.39 Å². The molecule has 0 aliphatic rings. The molecule has 0 N–H and O–H groups in total. The quantitative estimate of drug-likeness (QED) is 0.778. The summed E-state index contributed by atoms with van der Waals surface area (Å²) < 4.78 is 23.8. The molecule has 0 spiro atoms. The van der Waals surface area contributed by atoms with E-state index < -0.39 is 11.4 Å². The van der Waals surface area contributed by atoms with Crippen molar-refractivity contribution in [3.63, 3.8) is 0 Å². The lowest BCUT2D eigenvalue weighted by atomic mass is 10.2. The lowest BCUT2D eigenvalue weighted by molar-refractivity contribution is -0.140. The number of carbonyl (C=O) groups is 1. The number of hydrogen-bond acceptors (Lipinski definition) is 4. The standard InChI is InChI=1S/C12H12FNO4/c1-17-11(15)3-2-6-14-12(16)9-7-8(13)4-5-10(9)18-14/h4-5,7H,2-3,6H2,1H3. The maximum atomic E-state index is 13.0. The van der Waals surface area contributed by atoms with Crippen LogP contribution >= 0.6 is 0 Å². The van der Waals surface area contributed by atoms with E-state index in [1.807, 2.05) is 0 Å². The van der Waals surface area contributed by atoms with Gasteiger partial charge in [-0.05, 0) is 24.6 Å². The van der Waals surface area contributed by atoms with E-state index >= 15 is 0 Å². The smallest absolute Gasteiger partial charge is 0.305 e. The summed E-state index contributed by atoms with van der Waals surface area (Å²) in [5.74, 6) is -0.827. The van der Waals surface area contributed by atoms with Crippen molar-refractivity contribution in [2.75, 3.05) is 7.11 Å². The summed E-state index contributed by atoms with van der Waals surface area (Å²) in [5, 5.41) is 0.202. The highest BCUT2D eigenvalue weighted by molar-refractivity contribution is 5.75. The van der Waals surface area contributed by atoms with Gasteiger partial charge in [-0.15, -0.1) is 0 Å². The van der Waals surface area contributed by atoms with Gasteiger partial charge in [0.15, 0.2) is 5.58 Å². The average Bonchev–Trinajstić information content (AvgIpc) is 2.66. The van der Waals surface area contributed by atoms with Crippen LogP contribution in [0.25, 0.3) is 11.0 Å². The Balaban J connectivity index is 2.17. The zero-order chi connectivity index (χ0) is 13.1. The SMILES string of the molecule is COC(=O)CCCn1oc2ccc(F)cc2c1=O. The molecule has 5 nitrogen and oxygen atoms in total. The number of halogens is 1. The van der Waals surface area contributed by atoms with Crippen LogP contribution in [0.2, 0.25) is 0 Å². The van der Waals surface area contributed by atoms with Crippen LogP contribution in [-0.2, 0) is 16.1 Å². The summed E-state index contributed by atoms with van der Waals surface area (Å²) in [6.07, 6.45) is 0.628. The molecule has 96 valence electrons. The van der Waals surface area contributed by atoms with Gasteiger partial charge < -0.3 is 9.26 Å². The van der Waals surface area contributed by atoms with Crippen molar-refractivity contribution in [3.05, 3.63) is 34.4 Å². The van der Waals surface area contributed by atoms with Crippen LogP contribution in [-0.4, -0.2) is 17.8 Å². The number of ether oxygens (including phenoxy) is 1. The molecule has 0 aliphatic carbocycles. The van der Waals surface area contributed by atoms with E-state index in [1.54, 1.807) is 0 Å². The van der Waals surface area contributed by atoms with Gasteiger partial charge in [0.05, 0.1) is 19.0 Å². The fourth-order valence-corrected chi connectivity index (χ4v) is 1.66. The molecule has 0 saturated carbocycles. The van der Waals surface area contributed by atoms with Gasteiger partial charge in [-0.1, -0.05) is 0 Å². The second kappa shape index (κ2) is 5.03. The number of benzene rings is 1. The van der Waals surface area contributed by atoms with Gasteiger partial charge in [0.1, 0.15) is 5.82 Å². The largest absolute Gasteiger partial charge is 0.469 e. The Morgan fingerprint density at radius 2 is 2.28 bits per heavy atom. The van der Waals surface area contributed by atoms with E-state index in [-0.39, 0.29) is 24.3 Å². The van der Waals surface area contributed by atoms with E-state index in [0.717, 1.165) is 10.8 Å². The molecule has 1 heterocycles. The van der Waals surface area contributed by atoms with E-state index in [9.17, 15) is 14.0 Å². The minimum absolute atomic E-state index is 0.202. The number of aromatic nitrogens is 1. The maximum Gasteiger partial charge on any atom is 0.305 e. The Hall–Kier alpha value is -2.11. The third-order valence-corrected chi connectivity index (χ3v) is 2.58. The van der Waals surface area contributed by atoms with E-state index in [1.165, 1.54) is 19.2 Å². The number of fused-ring (bicyclic) bond motifs is 1. The molecule has 0 unspecified atom stereocenters. The molecule has 2 aromatic rings. The minimum atomic E-state index is -0.484. The molecule has 0 saturated heterocycles. The Morgan fingerprint density at radius 3 is 3.00 bits per heavy atom. The fourth-order valence-electron chi connectivity index (χ4n) is 1.66. The summed E-state index contributed by atoms with van der Waals surface area (Å²) in [4.78, 5) is 22.7. The first kappa shape index (κ1) is 12.3. The molecule has 18 heavy (non-hydrogen) atoms. The second-order valence-corrected chi connectivity index (χ2v) is 3.82. The summed E-state index contributed by atoms with van der Waals surface area (Å²) in [6.45, 7) is 0.254. The highest BCUT2D eigenvalue weighted by Crippen LogP contribution is 2.12. The molecule has 0 fully saturated rings. The summed E-state index contributed by atoms with van der Waals surface area (Å²) in [5.41, 5.74) is -0.0613. The number of carbonyl (C=O) groups excluding carboxylic acids is 1. The van der Waals surface area contributed by atoms with Crippen LogP contribution in [0.1, 0.15) is 12.8 Å². The highest BCUT2D eigenvalue weighted by atomic mass is 19.1. The lowest BCUT2D eigenvalue weighted by Gasteiger charge is -1.99. The summed E-state index contributed by atoms with van der Waals surface area (Å²) in [7, 11) is 1.30. The van der Waals surface area contributed by atoms with Crippen LogP contribution in [0.4, 0.5) is 4.39 Å². The third-order valence-electron chi connectivity index (χ3n) is 2.58. The Kier molecular flexibility index (Phi) is 3.45. The molecular formula is C12H12FNO4. The van der Waals surface area contributed by atoms with E-state index in [4.69, 9.17) is 4.52 Å². The predicted octanol–water partition coefficient (Wildman–Crippen LogP) is 1.69. The molecule has 1 aromatic carbocycles. The molecule has 0 radical (unpaired) electrons. The average molecular weight is 253 g/mol. The van der Waals surface area contributed by atoms with Gasteiger partial charge in [0, 0.05) is 6.42 Å². The molecule has 6 heteroatoms. The Morgan fingerprint density at radius 1 is 1.50 bits per heavy atom. The van der Waals surface area contributed by atoms with Gasteiger partial charge in [0.25, 0.3) is 5.56 Å². The summed E-state index contributed by atoms with van der Waals surface area (Å²) >= 11 is 0. The summed E-state index contributed by atoms with van der Waals surface area (Å²) in [6, 6.07) is 3.77. The Bertz CT molecular complexity index is 629. The number of methoxy groups -OCH3 is 1.